The van der Waals surface area contributed by atoms with Crippen molar-refractivity contribution in [2.24, 2.45) is 0 Å². The maximum Gasteiger partial charge on any atom is 0.125 e. The van der Waals surface area contributed by atoms with Gasteiger partial charge in [0.05, 0.1) is 17.8 Å². The number of rotatable bonds is 2. The average Bonchev–Trinajstić information content (AvgIpc) is 2.95. The van der Waals surface area contributed by atoms with Crippen molar-refractivity contribution in [3.05, 3.63) is 83.6 Å². The first-order valence-corrected chi connectivity index (χ1v) is 7.74. The van der Waals surface area contributed by atoms with Crippen LogP contribution >= 0.6 is 0 Å². The molecule has 0 aliphatic carbocycles. The lowest BCUT2D eigenvalue weighted by Gasteiger charge is -2.33. The highest BCUT2D eigenvalue weighted by Crippen LogP contribution is 2.38. The van der Waals surface area contributed by atoms with E-state index in [4.69, 9.17) is 5.10 Å². The first-order chi connectivity index (χ1) is 10.8. The molecule has 1 aliphatic heterocycles. The second-order valence-corrected chi connectivity index (χ2v) is 5.89. The standard InChI is InChI=1S/C19H19N3/c1-14-12-19-20-17(15-8-4-2-5-9-15)13-18(22(19)21-14)16-10-6-3-7-11-16/h2-12,17-18,20H,13H2,1H3. The van der Waals surface area contributed by atoms with Gasteiger partial charge in [-0.15, -0.1) is 0 Å². The zero-order chi connectivity index (χ0) is 14.9. The maximum absolute atomic E-state index is 4.69. The fraction of sp³-hybridized carbons (Fsp3) is 0.211. The molecule has 22 heavy (non-hydrogen) atoms. The van der Waals surface area contributed by atoms with E-state index in [1.165, 1.54) is 11.1 Å². The van der Waals surface area contributed by atoms with Gasteiger partial charge in [-0.1, -0.05) is 60.7 Å². The van der Waals surface area contributed by atoms with Crippen molar-refractivity contribution in [2.45, 2.75) is 25.4 Å². The monoisotopic (exact) mass is 289 g/mol. The third-order valence-electron chi connectivity index (χ3n) is 4.32. The minimum absolute atomic E-state index is 0.274. The number of fused-ring (bicyclic) bond motifs is 1. The summed E-state index contributed by atoms with van der Waals surface area (Å²) in [5.74, 6) is 1.10. The van der Waals surface area contributed by atoms with Gasteiger partial charge in [0.1, 0.15) is 5.82 Å². The Balaban J connectivity index is 1.77. The van der Waals surface area contributed by atoms with Gasteiger partial charge in [0.25, 0.3) is 0 Å². The highest BCUT2D eigenvalue weighted by molar-refractivity contribution is 5.45. The fourth-order valence-electron chi connectivity index (χ4n) is 3.28. The number of hydrogen-bond acceptors (Lipinski definition) is 2. The average molecular weight is 289 g/mol. The van der Waals surface area contributed by atoms with E-state index in [0.717, 1.165) is 17.9 Å². The van der Waals surface area contributed by atoms with E-state index in [2.05, 4.69) is 76.7 Å². The van der Waals surface area contributed by atoms with Crippen LogP contribution in [0.5, 0.6) is 0 Å². The van der Waals surface area contributed by atoms with Crippen LogP contribution in [0.25, 0.3) is 0 Å². The largest absolute Gasteiger partial charge is 0.363 e. The highest BCUT2D eigenvalue weighted by atomic mass is 15.4. The van der Waals surface area contributed by atoms with Crippen LogP contribution in [-0.4, -0.2) is 9.78 Å². The maximum atomic E-state index is 4.69. The normalized spacial score (nSPS) is 20.2. The predicted octanol–water partition coefficient (Wildman–Crippen LogP) is 4.34. The molecule has 1 N–H and O–H groups in total. The Morgan fingerprint density at radius 3 is 2.27 bits per heavy atom. The molecule has 0 saturated carbocycles. The Morgan fingerprint density at radius 1 is 0.955 bits per heavy atom. The number of hydrogen-bond donors (Lipinski definition) is 1. The van der Waals surface area contributed by atoms with Crippen molar-refractivity contribution in [3.8, 4) is 0 Å². The number of nitrogens with one attached hydrogen (secondary N) is 1. The Labute approximate surface area is 130 Å². The smallest absolute Gasteiger partial charge is 0.125 e. The summed E-state index contributed by atoms with van der Waals surface area (Å²) in [7, 11) is 0. The van der Waals surface area contributed by atoms with Gasteiger partial charge < -0.3 is 5.32 Å². The van der Waals surface area contributed by atoms with E-state index in [0.29, 0.717) is 6.04 Å². The van der Waals surface area contributed by atoms with Crippen molar-refractivity contribution in [1.82, 2.24) is 9.78 Å². The molecule has 2 aromatic carbocycles. The summed E-state index contributed by atoms with van der Waals surface area (Å²) in [5, 5.41) is 8.33. The molecular formula is C19H19N3. The van der Waals surface area contributed by atoms with E-state index in [1.54, 1.807) is 0 Å². The topological polar surface area (TPSA) is 29.9 Å². The molecule has 0 saturated heterocycles. The minimum Gasteiger partial charge on any atom is -0.363 e. The number of anilines is 1. The van der Waals surface area contributed by atoms with E-state index in [-0.39, 0.29) is 6.04 Å². The second kappa shape index (κ2) is 5.34. The van der Waals surface area contributed by atoms with E-state index >= 15 is 0 Å². The van der Waals surface area contributed by atoms with Gasteiger partial charge in [-0.25, -0.2) is 4.68 Å². The third kappa shape index (κ3) is 2.29. The van der Waals surface area contributed by atoms with Crippen molar-refractivity contribution in [1.29, 1.82) is 0 Å². The van der Waals surface area contributed by atoms with E-state index in [1.807, 2.05) is 6.92 Å². The number of benzene rings is 2. The van der Waals surface area contributed by atoms with Gasteiger partial charge >= 0.3 is 0 Å². The van der Waals surface area contributed by atoms with Crippen LogP contribution in [-0.2, 0) is 0 Å². The molecule has 0 radical (unpaired) electrons. The SMILES string of the molecule is Cc1cc2n(n1)C(c1ccccc1)CC(c1ccccc1)N2. The predicted molar refractivity (Wildman–Crippen MR) is 89.0 cm³/mol. The van der Waals surface area contributed by atoms with Crippen LogP contribution in [0.3, 0.4) is 0 Å². The summed E-state index contributed by atoms with van der Waals surface area (Å²) >= 11 is 0. The summed E-state index contributed by atoms with van der Waals surface area (Å²) in [4.78, 5) is 0. The summed E-state index contributed by atoms with van der Waals surface area (Å²) in [6.07, 6.45) is 1.00. The van der Waals surface area contributed by atoms with Gasteiger partial charge in [0.15, 0.2) is 0 Å². The molecule has 110 valence electrons. The minimum atomic E-state index is 0.274. The number of nitrogens with zero attached hydrogens (tertiary/aromatic N) is 2. The van der Waals surface area contributed by atoms with Crippen molar-refractivity contribution < 1.29 is 0 Å². The number of aromatic nitrogens is 2. The summed E-state index contributed by atoms with van der Waals surface area (Å²) in [6, 6.07) is 24.0. The van der Waals surface area contributed by atoms with Crippen LogP contribution in [0.1, 0.15) is 35.3 Å². The molecule has 1 aromatic heterocycles. The molecule has 2 unspecified atom stereocenters. The molecule has 3 aromatic rings. The summed E-state index contributed by atoms with van der Waals surface area (Å²) < 4.78 is 2.13. The molecule has 1 aliphatic rings. The lowest BCUT2D eigenvalue weighted by atomic mass is 9.93. The molecule has 4 rings (SSSR count). The van der Waals surface area contributed by atoms with E-state index in [9.17, 15) is 0 Å². The second-order valence-electron chi connectivity index (χ2n) is 5.89. The zero-order valence-corrected chi connectivity index (χ0v) is 12.6. The zero-order valence-electron chi connectivity index (χ0n) is 12.6. The Morgan fingerprint density at radius 2 is 1.59 bits per heavy atom. The third-order valence-corrected chi connectivity index (χ3v) is 4.32. The van der Waals surface area contributed by atoms with Crippen LogP contribution in [0, 0.1) is 6.92 Å². The van der Waals surface area contributed by atoms with Gasteiger partial charge in [-0.2, -0.15) is 5.10 Å². The Bertz CT molecular complexity index is 762. The Kier molecular flexibility index (Phi) is 3.19. The van der Waals surface area contributed by atoms with E-state index < -0.39 is 0 Å². The van der Waals surface area contributed by atoms with Gasteiger partial charge in [-0.3, -0.25) is 0 Å². The molecule has 0 amide bonds. The molecule has 2 heterocycles. The van der Waals surface area contributed by atoms with Crippen LogP contribution in [0.15, 0.2) is 66.7 Å². The molecule has 2 atom stereocenters. The molecule has 0 spiro atoms. The first kappa shape index (κ1) is 13.1. The molecule has 0 bridgehead atoms. The Hall–Kier alpha value is -2.55. The van der Waals surface area contributed by atoms with Crippen molar-refractivity contribution in [3.63, 3.8) is 0 Å². The highest BCUT2D eigenvalue weighted by Gasteiger charge is 2.29. The van der Waals surface area contributed by atoms with Crippen LogP contribution in [0.2, 0.25) is 0 Å². The van der Waals surface area contributed by atoms with Gasteiger partial charge in [-0.05, 0) is 24.5 Å². The molecule has 3 nitrogen and oxygen atoms in total. The molecule has 3 heteroatoms. The fourth-order valence-corrected chi connectivity index (χ4v) is 3.28. The van der Waals surface area contributed by atoms with Crippen molar-refractivity contribution in [2.75, 3.05) is 5.32 Å². The van der Waals surface area contributed by atoms with Crippen LogP contribution < -0.4 is 5.32 Å². The quantitative estimate of drug-likeness (QED) is 0.760. The number of aryl methyl sites for hydroxylation is 1. The van der Waals surface area contributed by atoms with Gasteiger partial charge in [0, 0.05) is 6.07 Å². The summed E-state index contributed by atoms with van der Waals surface area (Å²) in [5.41, 5.74) is 3.69. The van der Waals surface area contributed by atoms with Gasteiger partial charge in [0.2, 0.25) is 0 Å². The lowest BCUT2D eigenvalue weighted by molar-refractivity contribution is 0.431. The lowest BCUT2D eigenvalue weighted by Crippen LogP contribution is -2.27. The molecule has 0 fully saturated rings. The van der Waals surface area contributed by atoms with Crippen LogP contribution in [0.4, 0.5) is 5.82 Å². The van der Waals surface area contributed by atoms with Crippen molar-refractivity contribution >= 4 is 5.82 Å². The summed E-state index contributed by atoms with van der Waals surface area (Å²) in [6.45, 7) is 2.05. The molecular weight excluding hydrogens is 270 g/mol. The first-order valence-electron chi connectivity index (χ1n) is 7.74.